The molecule has 0 fully saturated rings. The summed E-state index contributed by atoms with van der Waals surface area (Å²) in [6, 6.07) is 4.09. The molecule has 0 saturated carbocycles. The Morgan fingerprint density at radius 3 is 2.92 bits per heavy atom. The van der Waals surface area contributed by atoms with Crippen LogP contribution in [0.3, 0.4) is 0 Å². The van der Waals surface area contributed by atoms with E-state index in [1.165, 1.54) is 18.4 Å². The molecule has 5 heteroatoms. The van der Waals surface area contributed by atoms with Crippen molar-refractivity contribution in [2.24, 2.45) is 5.92 Å². The third-order valence-electron chi connectivity index (χ3n) is 5.08. The van der Waals surface area contributed by atoms with Gasteiger partial charge in [-0.25, -0.2) is 0 Å². The summed E-state index contributed by atoms with van der Waals surface area (Å²) in [6.07, 6.45) is 9.87. The quantitative estimate of drug-likeness (QED) is 0.863. The molecule has 0 bridgehead atoms. The maximum absolute atomic E-state index is 12.8. The van der Waals surface area contributed by atoms with E-state index < -0.39 is 0 Å². The number of nitrogens with one attached hydrogen (secondary N) is 1. The molecule has 1 aliphatic heterocycles. The van der Waals surface area contributed by atoms with Crippen LogP contribution in [-0.2, 0) is 22.7 Å². The number of amides is 2. The average molecular weight is 329 g/mol. The number of carbonyl (C=O) groups excluding carboxylic acids is 2. The van der Waals surface area contributed by atoms with Crippen LogP contribution in [0.1, 0.15) is 44.2 Å². The molecule has 0 spiro atoms. The number of hydrogen-bond donors (Lipinski definition) is 1. The molecular formula is C19H27N3O2. The minimum Gasteiger partial charge on any atom is -0.359 e. The van der Waals surface area contributed by atoms with Gasteiger partial charge in [0.1, 0.15) is 0 Å². The maximum Gasteiger partial charge on any atom is 0.227 e. The second-order valence-corrected chi connectivity index (χ2v) is 6.95. The van der Waals surface area contributed by atoms with Crippen LogP contribution in [-0.4, -0.2) is 34.9 Å². The van der Waals surface area contributed by atoms with Gasteiger partial charge in [0.25, 0.3) is 0 Å². The molecule has 2 amide bonds. The molecule has 0 aromatic carbocycles. The third kappa shape index (κ3) is 4.08. The molecule has 3 rings (SSSR count). The summed E-state index contributed by atoms with van der Waals surface area (Å²) in [7, 11) is 1.67. The number of hydrogen-bond acceptors (Lipinski definition) is 2. The van der Waals surface area contributed by atoms with Gasteiger partial charge in [-0.2, -0.15) is 0 Å². The first kappa shape index (κ1) is 16.8. The Balaban J connectivity index is 1.72. The minimum absolute atomic E-state index is 0.0398. The van der Waals surface area contributed by atoms with Crippen LogP contribution < -0.4 is 5.32 Å². The van der Waals surface area contributed by atoms with Crippen molar-refractivity contribution in [3.05, 3.63) is 35.7 Å². The Labute approximate surface area is 143 Å². The predicted octanol–water partition coefficient (Wildman–Crippen LogP) is 2.47. The number of carbonyl (C=O) groups is 2. The Bertz CT molecular complexity index is 632. The summed E-state index contributed by atoms with van der Waals surface area (Å²) in [5.41, 5.74) is 2.44. The molecule has 130 valence electrons. The van der Waals surface area contributed by atoms with E-state index in [4.69, 9.17) is 0 Å². The van der Waals surface area contributed by atoms with Crippen LogP contribution in [0.15, 0.2) is 30.0 Å². The highest BCUT2D eigenvalue weighted by molar-refractivity contribution is 5.79. The second kappa shape index (κ2) is 7.69. The van der Waals surface area contributed by atoms with Gasteiger partial charge in [0.15, 0.2) is 0 Å². The zero-order chi connectivity index (χ0) is 16.9. The molecule has 2 aliphatic rings. The lowest BCUT2D eigenvalue weighted by atomic mass is 9.96. The Morgan fingerprint density at radius 1 is 1.29 bits per heavy atom. The van der Waals surface area contributed by atoms with E-state index in [0.29, 0.717) is 25.9 Å². The molecular weight excluding hydrogens is 302 g/mol. The molecule has 1 aromatic rings. The Kier molecular flexibility index (Phi) is 5.38. The van der Waals surface area contributed by atoms with Crippen molar-refractivity contribution in [3.63, 3.8) is 0 Å². The minimum atomic E-state index is 0.0398. The number of fused-ring (bicyclic) bond motifs is 1. The number of allylic oxidation sites excluding steroid dienone is 1. The van der Waals surface area contributed by atoms with E-state index in [-0.39, 0.29) is 17.7 Å². The lowest BCUT2D eigenvalue weighted by Gasteiger charge is -2.25. The zero-order valence-corrected chi connectivity index (χ0v) is 14.5. The molecule has 1 atom stereocenters. The van der Waals surface area contributed by atoms with Crippen LogP contribution in [0, 0.1) is 5.92 Å². The van der Waals surface area contributed by atoms with E-state index >= 15 is 0 Å². The number of rotatable bonds is 4. The molecule has 0 radical (unpaired) electrons. The SMILES string of the molecule is CNC(=O)C[C@H]1CN(C(=O)CC2=CCCCC2)Cc2cccn2C1. The van der Waals surface area contributed by atoms with Crippen LogP contribution in [0.25, 0.3) is 0 Å². The van der Waals surface area contributed by atoms with Gasteiger partial charge in [-0.15, -0.1) is 0 Å². The predicted molar refractivity (Wildman–Crippen MR) is 93.2 cm³/mol. The molecule has 1 N–H and O–H groups in total. The van der Waals surface area contributed by atoms with Gasteiger partial charge >= 0.3 is 0 Å². The first-order valence-electron chi connectivity index (χ1n) is 8.96. The van der Waals surface area contributed by atoms with Crippen LogP contribution in [0.2, 0.25) is 0 Å². The highest BCUT2D eigenvalue weighted by Gasteiger charge is 2.26. The third-order valence-corrected chi connectivity index (χ3v) is 5.08. The first-order chi connectivity index (χ1) is 11.7. The summed E-state index contributed by atoms with van der Waals surface area (Å²) in [6.45, 7) is 2.09. The van der Waals surface area contributed by atoms with Crippen LogP contribution >= 0.6 is 0 Å². The van der Waals surface area contributed by atoms with E-state index in [1.54, 1.807) is 7.05 Å². The van der Waals surface area contributed by atoms with Crippen molar-refractivity contribution in [2.45, 2.75) is 51.6 Å². The summed E-state index contributed by atoms with van der Waals surface area (Å²) in [5, 5.41) is 2.70. The van der Waals surface area contributed by atoms with Crippen molar-refractivity contribution < 1.29 is 9.59 Å². The molecule has 5 nitrogen and oxygen atoms in total. The highest BCUT2D eigenvalue weighted by atomic mass is 16.2. The van der Waals surface area contributed by atoms with E-state index in [2.05, 4.69) is 22.0 Å². The second-order valence-electron chi connectivity index (χ2n) is 6.95. The fourth-order valence-corrected chi connectivity index (χ4v) is 3.73. The van der Waals surface area contributed by atoms with Gasteiger partial charge in [0.2, 0.25) is 11.8 Å². The highest BCUT2D eigenvalue weighted by Crippen LogP contribution is 2.24. The van der Waals surface area contributed by atoms with Gasteiger partial charge in [-0.1, -0.05) is 11.6 Å². The Morgan fingerprint density at radius 2 is 2.17 bits per heavy atom. The summed E-state index contributed by atoms with van der Waals surface area (Å²) < 4.78 is 2.18. The largest absolute Gasteiger partial charge is 0.359 e. The van der Waals surface area contributed by atoms with Crippen molar-refractivity contribution in [3.8, 4) is 0 Å². The molecule has 1 aromatic heterocycles. The molecule has 1 aliphatic carbocycles. The zero-order valence-electron chi connectivity index (χ0n) is 14.5. The lowest BCUT2D eigenvalue weighted by molar-refractivity contribution is -0.132. The van der Waals surface area contributed by atoms with Gasteiger partial charge < -0.3 is 14.8 Å². The van der Waals surface area contributed by atoms with Gasteiger partial charge in [-0.3, -0.25) is 9.59 Å². The topological polar surface area (TPSA) is 54.3 Å². The molecule has 24 heavy (non-hydrogen) atoms. The first-order valence-corrected chi connectivity index (χ1v) is 8.96. The molecule has 0 saturated heterocycles. The van der Waals surface area contributed by atoms with E-state index in [9.17, 15) is 9.59 Å². The average Bonchev–Trinajstić information content (AvgIpc) is 2.94. The Hall–Kier alpha value is -2.04. The number of nitrogens with zero attached hydrogens (tertiary/aromatic N) is 2. The fourth-order valence-electron chi connectivity index (χ4n) is 3.73. The van der Waals surface area contributed by atoms with Crippen molar-refractivity contribution in [2.75, 3.05) is 13.6 Å². The normalized spacial score (nSPS) is 20.8. The van der Waals surface area contributed by atoms with E-state index in [0.717, 1.165) is 25.1 Å². The molecule has 0 unspecified atom stereocenters. The van der Waals surface area contributed by atoms with Crippen LogP contribution in [0.5, 0.6) is 0 Å². The standard InChI is InChI=1S/C19H27N3O2/c1-20-18(23)10-16-12-21-9-5-8-17(21)14-22(13-16)19(24)11-15-6-3-2-4-7-15/h5-6,8-9,16H,2-4,7,10-14H2,1H3,(H,20,23)/t16-/m1/s1. The maximum atomic E-state index is 12.8. The smallest absolute Gasteiger partial charge is 0.227 e. The van der Waals surface area contributed by atoms with Crippen molar-refractivity contribution in [1.82, 2.24) is 14.8 Å². The van der Waals surface area contributed by atoms with Crippen LogP contribution in [0.4, 0.5) is 0 Å². The van der Waals surface area contributed by atoms with Crippen molar-refractivity contribution in [1.29, 1.82) is 0 Å². The summed E-state index contributed by atoms with van der Waals surface area (Å²) >= 11 is 0. The van der Waals surface area contributed by atoms with E-state index in [1.807, 2.05) is 17.2 Å². The number of aromatic nitrogens is 1. The molecule has 2 heterocycles. The van der Waals surface area contributed by atoms with Gasteiger partial charge in [-0.05, 0) is 37.8 Å². The van der Waals surface area contributed by atoms with Crippen molar-refractivity contribution >= 4 is 11.8 Å². The van der Waals surface area contributed by atoms with Gasteiger partial charge in [0, 0.05) is 50.8 Å². The summed E-state index contributed by atoms with van der Waals surface area (Å²) in [4.78, 5) is 26.6. The lowest BCUT2D eigenvalue weighted by Crippen LogP contribution is -2.35. The monoisotopic (exact) mass is 329 g/mol. The summed E-state index contributed by atoms with van der Waals surface area (Å²) in [5.74, 6) is 0.389. The van der Waals surface area contributed by atoms with Gasteiger partial charge in [0.05, 0.1) is 6.54 Å². The fraction of sp³-hybridized carbons (Fsp3) is 0.579.